The van der Waals surface area contributed by atoms with E-state index in [0.717, 1.165) is 51.0 Å². The molecule has 2 amide bonds. The molecule has 26 heavy (non-hydrogen) atoms. The molecule has 0 saturated heterocycles. The molecule has 0 unspecified atom stereocenters. The van der Waals surface area contributed by atoms with E-state index in [1.807, 2.05) is 37.7 Å². The molecule has 146 valence electrons. The fourth-order valence-electron chi connectivity index (χ4n) is 3.05. The maximum atomic E-state index is 12.6. The number of carbonyl (C=O) groups is 2. The van der Waals surface area contributed by atoms with Gasteiger partial charge in [0.1, 0.15) is 5.69 Å². The van der Waals surface area contributed by atoms with Crippen LogP contribution in [-0.2, 0) is 13.0 Å². The molecule has 1 aliphatic heterocycles. The van der Waals surface area contributed by atoms with Gasteiger partial charge in [0.2, 0.25) is 0 Å². The molecule has 0 aromatic carbocycles. The Morgan fingerprint density at radius 1 is 1.00 bits per heavy atom. The summed E-state index contributed by atoms with van der Waals surface area (Å²) in [5.41, 5.74) is 1.30. The maximum Gasteiger partial charge on any atom is 0.287 e. The minimum Gasteiger partial charge on any atom is -0.351 e. The Morgan fingerprint density at radius 2 is 1.69 bits per heavy atom. The molecule has 1 aromatic rings. The number of fused-ring (bicyclic) bond motifs is 1. The molecule has 0 atom stereocenters. The lowest BCUT2D eigenvalue weighted by atomic mass is 10.1. The number of amides is 2. The minimum absolute atomic E-state index is 0.179. The van der Waals surface area contributed by atoms with Crippen LogP contribution in [0, 0.1) is 0 Å². The van der Waals surface area contributed by atoms with Crippen molar-refractivity contribution in [1.29, 1.82) is 0 Å². The summed E-state index contributed by atoms with van der Waals surface area (Å²) >= 11 is 0. The summed E-state index contributed by atoms with van der Waals surface area (Å²) in [6.07, 6.45) is 3.70. The van der Waals surface area contributed by atoms with E-state index in [4.69, 9.17) is 0 Å². The lowest BCUT2D eigenvalue weighted by molar-refractivity contribution is 0.0935. The van der Waals surface area contributed by atoms with E-state index in [0.29, 0.717) is 24.6 Å². The van der Waals surface area contributed by atoms with Gasteiger partial charge in [-0.2, -0.15) is 0 Å². The van der Waals surface area contributed by atoms with Crippen LogP contribution in [0.1, 0.15) is 46.1 Å². The van der Waals surface area contributed by atoms with Crippen molar-refractivity contribution in [2.24, 2.45) is 0 Å². The first-order chi connectivity index (χ1) is 12.4. The largest absolute Gasteiger partial charge is 0.351 e. The molecular weight excluding hydrogens is 332 g/mol. The number of likely N-dealkylation sites (N-methyl/N-ethyl adjacent to an activating group) is 1. The SMILES string of the molecule is CN(C)CCCNC(=O)c1nc(C(=O)NCCN(C)C)n2c1CCCC2. The monoisotopic (exact) mass is 364 g/mol. The standard InChI is InChI=1S/C18H32N6O2/c1-22(2)11-7-9-19-17(25)15-14-8-5-6-12-24(14)16(21-15)18(26)20-10-13-23(3)4/h5-13H2,1-4H3,(H,19,25)(H,20,26). The summed E-state index contributed by atoms with van der Waals surface area (Å²) in [4.78, 5) is 33.6. The Kier molecular flexibility index (Phi) is 7.59. The van der Waals surface area contributed by atoms with Crippen LogP contribution in [0.25, 0.3) is 0 Å². The Hall–Kier alpha value is -1.93. The van der Waals surface area contributed by atoms with E-state index in [-0.39, 0.29) is 11.8 Å². The fourth-order valence-corrected chi connectivity index (χ4v) is 3.05. The first-order valence-electron chi connectivity index (χ1n) is 9.35. The quantitative estimate of drug-likeness (QED) is 0.612. The third-order valence-corrected chi connectivity index (χ3v) is 4.45. The Morgan fingerprint density at radius 3 is 2.38 bits per heavy atom. The van der Waals surface area contributed by atoms with Gasteiger partial charge < -0.3 is 25.0 Å². The van der Waals surface area contributed by atoms with Gasteiger partial charge in [-0.1, -0.05) is 0 Å². The zero-order valence-corrected chi connectivity index (χ0v) is 16.5. The second-order valence-corrected chi connectivity index (χ2v) is 7.31. The molecule has 2 rings (SSSR count). The van der Waals surface area contributed by atoms with Crippen molar-refractivity contribution in [3.63, 3.8) is 0 Å². The van der Waals surface area contributed by atoms with Crippen molar-refractivity contribution in [1.82, 2.24) is 30.0 Å². The molecule has 1 aliphatic rings. The molecule has 2 N–H and O–H groups in total. The summed E-state index contributed by atoms with van der Waals surface area (Å²) in [7, 11) is 7.94. The number of imidazole rings is 1. The van der Waals surface area contributed by atoms with Crippen LogP contribution in [-0.4, -0.2) is 85.5 Å². The van der Waals surface area contributed by atoms with Crippen molar-refractivity contribution < 1.29 is 9.59 Å². The molecule has 0 radical (unpaired) electrons. The topological polar surface area (TPSA) is 82.5 Å². The molecule has 8 nitrogen and oxygen atoms in total. The second kappa shape index (κ2) is 9.68. The molecule has 8 heteroatoms. The van der Waals surface area contributed by atoms with Gasteiger partial charge in [0.15, 0.2) is 5.82 Å². The number of nitrogens with zero attached hydrogens (tertiary/aromatic N) is 4. The number of aromatic nitrogens is 2. The Bertz CT molecular complexity index is 623. The number of rotatable bonds is 9. The van der Waals surface area contributed by atoms with E-state index >= 15 is 0 Å². The van der Waals surface area contributed by atoms with Crippen LogP contribution >= 0.6 is 0 Å². The average molecular weight is 364 g/mol. The van der Waals surface area contributed by atoms with Crippen molar-refractivity contribution in [2.45, 2.75) is 32.2 Å². The van der Waals surface area contributed by atoms with E-state index < -0.39 is 0 Å². The van der Waals surface area contributed by atoms with E-state index in [2.05, 4.69) is 20.5 Å². The number of hydrogen-bond donors (Lipinski definition) is 2. The second-order valence-electron chi connectivity index (χ2n) is 7.31. The highest BCUT2D eigenvalue weighted by molar-refractivity contribution is 5.97. The van der Waals surface area contributed by atoms with Gasteiger partial charge >= 0.3 is 0 Å². The summed E-state index contributed by atoms with van der Waals surface area (Å²) in [5.74, 6) is -0.0275. The van der Waals surface area contributed by atoms with Crippen LogP contribution in [0.2, 0.25) is 0 Å². The molecular formula is C18H32N6O2. The van der Waals surface area contributed by atoms with Crippen LogP contribution in [0.5, 0.6) is 0 Å². The average Bonchev–Trinajstić information content (AvgIpc) is 2.98. The van der Waals surface area contributed by atoms with E-state index in [9.17, 15) is 9.59 Å². The first-order valence-corrected chi connectivity index (χ1v) is 9.35. The van der Waals surface area contributed by atoms with Crippen LogP contribution in [0.3, 0.4) is 0 Å². The molecule has 0 bridgehead atoms. The van der Waals surface area contributed by atoms with Crippen molar-refractivity contribution in [3.05, 3.63) is 17.2 Å². The van der Waals surface area contributed by atoms with Gasteiger partial charge in [-0.05, 0) is 60.4 Å². The third kappa shape index (κ3) is 5.54. The fraction of sp³-hybridized carbons (Fsp3) is 0.722. The highest BCUT2D eigenvalue weighted by Gasteiger charge is 2.27. The summed E-state index contributed by atoms with van der Waals surface area (Å²) in [6.45, 7) is 3.58. The van der Waals surface area contributed by atoms with Gasteiger partial charge in [0.25, 0.3) is 11.8 Å². The smallest absolute Gasteiger partial charge is 0.287 e. The molecule has 0 fully saturated rings. The molecule has 1 aromatic heterocycles. The molecule has 0 aliphatic carbocycles. The van der Waals surface area contributed by atoms with Gasteiger partial charge in [0.05, 0.1) is 5.69 Å². The van der Waals surface area contributed by atoms with E-state index in [1.165, 1.54) is 0 Å². The lowest BCUT2D eigenvalue weighted by Crippen LogP contribution is -2.33. The number of carbonyl (C=O) groups excluding carboxylic acids is 2. The predicted molar refractivity (Wildman–Crippen MR) is 102 cm³/mol. The van der Waals surface area contributed by atoms with Gasteiger partial charge in [0, 0.05) is 26.2 Å². The molecule has 0 spiro atoms. The zero-order chi connectivity index (χ0) is 19.1. The maximum absolute atomic E-state index is 12.6. The molecule has 2 heterocycles. The highest BCUT2D eigenvalue weighted by atomic mass is 16.2. The first kappa shape index (κ1) is 20.4. The normalized spacial score (nSPS) is 13.8. The van der Waals surface area contributed by atoms with Crippen LogP contribution < -0.4 is 10.6 Å². The summed E-state index contributed by atoms with van der Waals surface area (Å²) in [6, 6.07) is 0. The number of nitrogens with one attached hydrogen (secondary N) is 2. The van der Waals surface area contributed by atoms with Gasteiger partial charge in [-0.25, -0.2) is 4.98 Å². The lowest BCUT2D eigenvalue weighted by Gasteiger charge is -2.17. The Labute approximate surface area is 155 Å². The van der Waals surface area contributed by atoms with E-state index in [1.54, 1.807) is 0 Å². The van der Waals surface area contributed by atoms with Crippen molar-refractivity contribution in [3.8, 4) is 0 Å². The van der Waals surface area contributed by atoms with Crippen LogP contribution in [0.4, 0.5) is 0 Å². The van der Waals surface area contributed by atoms with Crippen LogP contribution in [0.15, 0.2) is 0 Å². The van der Waals surface area contributed by atoms with Crippen molar-refractivity contribution >= 4 is 11.8 Å². The van der Waals surface area contributed by atoms with Gasteiger partial charge in [-0.3, -0.25) is 9.59 Å². The minimum atomic E-state index is -0.207. The highest BCUT2D eigenvalue weighted by Crippen LogP contribution is 2.21. The molecule has 0 saturated carbocycles. The zero-order valence-electron chi connectivity index (χ0n) is 16.5. The third-order valence-electron chi connectivity index (χ3n) is 4.45. The summed E-state index contributed by atoms with van der Waals surface area (Å²) in [5, 5.41) is 5.83. The van der Waals surface area contributed by atoms with Crippen molar-refractivity contribution in [2.75, 3.05) is 54.4 Å². The predicted octanol–water partition coefficient (Wildman–Crippen LogP) is 0.192. The summed E-state index contributed by atoms with van der Waals surface area (Å²) < 4.78 is 1.92. The van der Waals surface area contributed by atoms with Gasteiger partial charge in [-0.15, -0.1) is 0 Å². The number of hydrogen-bond acceptors (Lipinski definition) is 5. The Balaban J connectivity index is 2.06.